The minimum atomic E-state index is -0.857. The average molecular weight is 515 g/mol. The monoisotopic (exact) mass is 514 g/mol. The number of carbonyl (C=O) groups is 2. The first-order valence-corrected chi connectivity index (χ1v) is 12.2. The van der Waals surface area contributed by atoms with Gasteiger partial charge in [-0.1, -0.05) is 54.1 Å². The second-order valence-corrected chi connectivity index (χ2v) is 9.30. The molecule has 0 spiro atoms. The molecule has 5 aromatic rings. The van der Waals surface area contributed by atoms with Crippen LogP contribution in [0.25, 0.3) is 32.6 Å². The number of halogens is 1. The van der Waals surface area contributed by atoms with Crippen LogP contribution in [0.1, 0.15) is 5.56 Å². The Morgan fingerprint density at radius 1 is 0.889 bits per heavy atom. The van der Waals surface area contributed by atoms with Gasteiger partial charge in [0.1, 0.15) is 6.33 Å². The van der Waals surface area contributed by atoms with Gasteiger partial charge in [0.15, 0.2) is 0 Å². The number of rotatable bonds is 6. The summed E-state index contributed by atoms with van der Waals surface area (Å²) in [4.78, 5) is 32.3. The van der Waals surface area contributed by atoms with Gasteiger partial charge in [-0.05, 0) is 41.5 Å². The molecule has 0 aliphatic rings. The Hall–Kier alpha value is -4.27. The molecule has 0 aliphatic heterocycles. The Bertz CT molecular complexity index is 1570. The normalized spacial score (nSPS) is 10.8. The lowest BCUT2D eigenvalue weighted by molar-refractivity contribution is -0.136. The van der Waals surface area contributed by atoms with Crippen LogP contribution in [0.5, 0.6) is 0 Å². The van der Waals surface area contributed by atoms with Crippen LogP contribution in [0.15, 0.2) is 84.5 Å². The van der Waals surface area contributed by atoms with Crippen molar-refractivity contribution in [1.29, 1.82) is 0 Å². The van der Waals surface area contributed by atoms with Crippen molar-refractivity contribution in [3.05, 3.63) is 95.1 Å². The van der Waals surface area contributed by atoms with E-state index in [0.29, 0.717) is 16.4 Å². The average Bonchev–Trinajstić information content (AvgIpc) is 3.29. The molecule has 3 aromatic carbocycles. The van der Waals surface area contributed by atoms with Crippen LogP contribution < -0.4 is 10.6 Å². The molecule has 2 heterocycles. The second kappa shape index (κ2) is 10.2. The lowest BCUT2D eigenvalue weighted by Gasteiger charge is -2.09. The number of anilines is 2. The van der Waals surface area contributed by atoms with E-state index in [-0.39, 0.29) is 12.5 Å². The van der Waals surface area contributed by atoms with Crippen molar-refractivity contribution in [1.82, 2.24) is 9.97 Å². The third-order valence-corrected chi connectivity index (χ3v) is 6.68. The molecule has 5 rings (SSSR count). The molecule has 0 atom stereocenters. The Balaban J connectivity index is 1.35. The zero-order valence-corrected chi connectivity index (χ0v) is 20.3. The van der Waals surface area contributed by atoms with Gasteiger partial charge in [-0.15, -0.1) is 11.3 Å². The number of carbonyl (C=O) groups excluding carboxylic acids is 1. The fourth-order valence-electron chi connectivity index (χ4n) is 3.81. The van der Waals surface area contributed by atoms with Crippen molar-refractivity contribution in [3.63, 3.8) is 0 Å². The fourth-order valence-corrected chi connectivity index (χ4v) is 5.04. The Morgan fingerprint density at radius 3 is 2.33 bits per heavy atom. The van der Waals surface area contributed by atoms with Crippen molar-refractivity contribution < 1.29 is 14.7 Å². The van der Waals surface area contributed by atoms with Crippen LogP contribution in [-0.2, 0) is 11.2 Å². The molecular formula is C27H19ClN4O3S. The number of hydrogen-bond donors (Lipinski definition) is 3. The molecular weight excluding hydrogens is 496 g/mol. The highest BCUT2D eigenvalue weighted by molar-refractivity contribution is 7.18. The maximum Gasteiger partial charge on any atom is 0.323 e. The van der Waals surface area contributed by atoms with Gasteiger partial charge >= 0.3 is 12.0 Å². The molecule has 0 radical (unpaired) electrons. The lowest BCUT2D eigenvalue weighted by Crippen LogP contribution is -2.19. The summed E-state index contributed by atoms with van der Waals surface area (Å²) in [6, 6.07) is 21.5. The third kappa shape index (κ3) is 5.19. The summed E-state index contributed by atoms with van der Waals surface area (Å²) in [7, 11) is 0. The van der Waals surface area contributed by atoms with E-state index in [1.807, 2.05) is 53.9 Å². The molecule has 36 heavy (non-hydrogen) atoms. The number of urea groups is 1. The number of carboxylic acids is 1. The molecule has 0 unspecified atom stereocenters. The Labute approximate surface area is 215 Å². The number of thiophene rings is 1. The maximum atomic E-state index is 12.3. The molecule has 178 valence electrons. The van der Waals surface area contributed by atoms with E-state index in [9.17, 15) is 9.59 Å². The minimum Gasteiger partial charge on any atom is -0.481 e. The van der Waals surface area contributed by atoms with E-state index in [2.05, 4.69) is 20.6 Å². The summed E-state index contributed by atoms with van der Waals surface area (Å²) >= 11 is 7.52. The predicted molar refractivity (Wildman–Crippen MR) is 144 cm³/mol. The summed E-state index contributed by atoms with van der Waals surface area (Å²) in [6.45, 7) is 0. The van der Waals surface area contributed by atoms with Crippen LogP contribution in [0.3, 0.4) is 0 Å². The van der Waals surface area contributed by atoms with E-state index >= 15 is 0 Å². The SMILES string of the molecule is O=C(O)Cc1ccc(-c2csc3c(-c4ccc(NC(=O)Nc5cccc(Cl)c5)cc4)ncnc23)cc1. The number of carboxylic acid groups (broad SMARTS) is 1. The highest BCUT2D eigenvalue weighted by Gasteiger charge is 2.14. The summed E-state index contributed by atoms with van der Waals surface area (Å²) in [6.07, 6.45) is 1.53. The standard InChI is InChI=1S/C27H19ClN4O3S/c28-19-2-1-3-21(13-19)32-27(35)31-20-10-8-18(9-11-20)24-26-25(30-15-29-24)22(14-36-26)17-6-4-16(5-7-17)12-23(33)34/h1-11,13-15H,12H2,(H,33,34)(H2,31,32,35). The first-order chi connectivity index (χ1) is 17.5. The molecule has 0 saturated carbocycles. The number of nitrogens with one attached hydrogen (secondary N) is 2. The number of aromatic nitrogens is 2. The van der Waals surface area contributed by atoms with E-state index in [0.717, 1.165) is 38.2 Å². The summed E-state index contributed by atoms with van der Waals surface area (Å²) in [5.41, 5.74) is 6.45. The van der Waals surface area contributed by atoms with Gasteiger partial charge < -0.3 is 15.7 Å². The molecule has 2 amide bonds. The van der Waals surface area contributed by atoms with E-state index in [4.69, 9.17) is 16.7 Å². The highest BCUT2D eigenvalue weighted by Crippen LogP contribution is 2.37. The first-order valence-electron chi connectivity index (χ1n) is 10.9. The number of benzene rings is 3. The molecule has 0 aliphatic carbocycles. The van der Waals surface area contributed by atoms with E-state index in [1.54, 1.807) is 35.6 Å². The zero-order chi connectivity index (χ0) is 25.1. The van der Waals surface area contributed by atoms with Gasteiger partial charge in [-0.25, -0.2) is 14.8 Å². The van der Waals surface area contributed by atoms with Crippen LogP contribution in [-0.4, -0.2) is 27.1 Å². The molecule has 9 heteroatoms. The van der Waals surface area contributed by atoms with Crippen molar-refractivity contribution in [3.8, 4) is 22.4 Å². The van der Waals surface area contributed by atoms with Crippen molar-refractivity contribution >= 4 is 56.5 Å². The quantitative estimate of drug-likeness (QED) is 0.227. The van der Waals surface area contributed by atoms with Gasteiger partial charge in [-0.3, -0.25) is 4.79 Å². The lowest BCUT2D eigenvalue weighted by atomic mass is 10.0. The number of aliphatic carboxylic acids is 1. The Kier molecular flexibility index (Phi) is 6.62. The maximum absolute atomic E-state index is 12.3. The summed E-state index contributed by atoms with van der Waals surface area (Å²) < 4.78 is 0.946. The van der Waals surface area contributed by atoms with Crippen molar-refractivity contribution in [2.75, 3.05) is 10.6 Å². The molecule has 2 aromatic heterocycles. The number of hydrogen-bond acceptors (Lipinski definition) is 5. The smallest absolute Gasteiger partial charge is 0.323 e. The largest absolute Gasteiger partial charge is 0.481 e. The van der Waals surface area contributed by atoms with Gasteiger partial charge in [0.25, 0.3) is 0 Å². The summed E-state index contributed by atoms with van der Waals surface area (Å²) in [5, 5.41) is 17.1. The molecule has 7 nitrogen and oxygen atoms in total. The highest BCUT2D eigenvalue weighted by atomic mass is 35.5. The molecule has 0 bridgehead atoms. The van der Waals surface area contributed by atoms with Crippen LogP contribution in [0, 0.1) is 0 Å². The summed E-state index contributed by atoms with van der Waals surface area (Å²) in [5.74, 6) is -0.857. The van der Waals surface area contributed by atoms with E-state index < -0.39 is 5.97 Å². The number of amides is 2. The fraction of sp³-hybridized carbons (Fsp3) is 0.0370. The molecule has 0 saturated heterocycles. The van der Waals surface area contributed by atoms with Gasteiger partial charge in [0.05, 0.1) is 22.3 Å². The van der Waals surface area contributed by atoms with Crippen molar-refractivity contribution in [2.45, 2.75) is 6.42 Å². The zero-order valence-electron chi connectivity index (χ0n) is 18.7. The van der Waals surface area contributed by atoms with Crippen LogP contribution >= 0.6 is 22.9 Å². The first kappa shape index (κ1) is 23.5. The van der Waals surface area contributed by atoms with Gasteiger partial charge in [-0.2, -0.15) is 0 Å². The van der Waals surface area contributed by atoms with E-state index in [1.165, 1.54) is 6.33 Å². The number of fused-ring (bicyclic) bond motifs is 1. The minimum absolute atomic E-state index is 0.00982. The third-order valence-electron chi connectivity index (χ3n) is 5.47. The predicted octanol–water partition coefficient (Wildman–Crippen LogP) is 6.95. The van der Waals surface area contributed by atoms with Gasteiger partial charge in [0.2, 0.25) is 0 Å². The second-order valence-electron chi connectivity index (χ2n) is 7.98. The van der Waals surface area contributed by atoms with Crippen LogP contribution in [0.2, 0.25) is 5.02 Å². The molecule has 3 N–H and O–H groups in total. The van der Waals surface area contributed by atoms with Gasteiger partial charge in [0, 0.05) is 32.9 Å². The topological polar surface area (TPSA) is 104 Å². The van der Waals surface area contributed by atoms with Crippen LogP contribution in [0.4, 0.5) is 16.2 Å². The Morgan fingerprint density at radius 2 is 1.61 bits per heavy atom. The molecule has 0 fully saturated rings. The number of nitrogens with zero attached hydrogens (tertiary/aromatic N) is 2. The van der Waals surface area contributed by atoms with Crippen molar-refractivity contribution in [2.24, 2.45) is 0 Å².